The number of furan rings is 1. The van der Waals surface area contributed by atoms with Gasteiger partial charge in [0.05, 0.1) is 5.58 Å². The van der Waals surface area contributed by atoms with Gasteiger partial charge in [-0.1, -0.05) is 88.0 Å². The first-order valence-electron chi connectivity index (χ1n) is 20.7. The van der Waals surface area contributed by atoms with Crippen LogP contribution in [-0.4, -0.2) is 15.0 Å². The van der Waals surface area contributed by atoms with Crippen molar-refractivity contribution in [3.63, 3.8) is 0 Å². The molecule has 4 nitrogen and oxygen atoms in total. The van der Waals surface area contributed by atoms with E-state index in [9.17, 15) is 2.74 Å². The minimum Gasteiger partial charge on any atom is -0.486 e. The van der Waals surface area contributed by atoms with E-state index >= 15 is 0 Å². The molecule has 0 unspecified atom stereocenters. The maximum Gasteiger partial charge on any atom is 0.216 e. The number of aryl methyl sites for hydroxylation is 2. The van der Waals surface area contributed by atoms with E-state index in [1.165, 1.54) is 12.3 Å². The molecule has 1 radical (unpaired) electrons. The smallest absolute Gasteiger partial charge is 0.216 e. The van der Waals surface area contributed by atoms with Crippen LogP contribution in [0, 0.1) is 31.3 Å². The molecule has 5 heteroatoms. The molecule has 0 bridgehead atoms. The molecule has 0 N–H and O–H groups in total. The molecule has 0 aliphatic heterocycles. The van der Waals surface area contributed by atoms with Gasteiger partial charge in [-0.3, -0.25) is 0 Å². The average molecular weight is 832 g/mol. The number of benzene rings is 3. The Morgan fingerprint density at radius 3 is 2.20 bits per heavy atom. The van der Waals surface area contributed by atoms with Crippen LogP contribution in [0.2, 0.25) is 0 Å². The molecule has 0 saturated heterocycles. The van der Waals surface area contributed by atoms with Crippen LogP contribution >= 0.6 is 0 Å². The van der Waals surface area contributed by atoms with Gasteiger partial charge in [-0.05, 0) is 89.1 Å². The molecule has 4 heterocycles. The standard InChI is InChI=1S/C33H35N2O.C11H8N.Ir/c1-21-20-34-29(27-10-8-9-25-26-16-11-22(2)35-31(26)36-30(25)27)17-28(21)33(6,7)19-24-14-12-23(13-15-24)18-32(3,4)5;1-2-6-10(7-3-1)11-8-4-5-9-12-11;/h8-9,11-17,20H,18-19H2,1-7H3;1-6,8-9H;/q2*-1;/i1D3,2D3,18D2,19D2;;. The summed E-state index contributed by atoms with van der Waals surface area (Å²) in [5, 5.41) is 1.23. The van der Waals surface area contributed by atoms with E-state index in [2.05, 4.69) is 27.1 Å². The van der Waals surface area contributed by atoms with E-state index in [1.54, 1.807) is 89.3 Å². The zero-order valence-corrected chi connectivity index (χ0v) is 30.4. The summed E-state index contributed by atoms with van der Waals surface area (Å²) in [5.41, 5.74) is 1.71. The third-order valence-corrected chi connectivity index (χ3v) is 7.64. The first-order chi connectivity index (χ1) is 26.9. The second-order valence-electron chi connectivity index (χ2n) is 13.1. The Kier molecular flexibility index (Phi) is 7.54. The molecule has 0 saturated carbocycles. The molecule has 251 valence electrons. The number of fused-ring (bicyclic) bond motifs is 3. The summed E-state index contributed by atoms with van der Waals surface area (Å²) in [7, 11) is 0. The van der Waals surface area contributed by atoms with E-state index in [0.717, 1.165) is 11.3 Å². The number of pyridine rings is 3. The molecule has 0 aliphatic rings. The number of rotatable bonds is 6. The van der Waals surface area contributed by atoms with Crippen LogP contribution in [0.25, 0.3) is 44.6 Å². The first-order valence-corrected chi connectivity index (χ1v) is 15.7. The fourth-order valence-corrected chi connectivity index (χ4v) is 5.49. The van der Waals surface area contributed by atoms with Crippen molar-refractivity contribution in [3.8, 4) is 22.5 Å². The van der Waals surface area contributed by atoms with Gasteiger partial charge in [0.1, 0.15) is 0 Å². The van der Waals surface area contributed by atoms with E-state index in [0.29, 0.717) is 33.2 Å². The van der Waals surface area contributed by atoms with Crippen molar-refractivity contribution < 1.29 is 38.2 Å². The van der Waals surface area contributed by atoms with Gasteiger partial charge in [-0.25, -0.2) is 4.98 Å². The fraction of sp³-hybridized carbons (Fsp3) is 0.250. The first kappa shape index (κ1) is 24.7. The van der Waals surface area contributed by atoms with Gasteiger partial charge >= 0.3 is 0 Å². The van der Waals surface area contributed by atoms with Crippen molar-refractivity contribution in [3.05, 3.63) is 150 Å². The van der Waals surface area contributed by atoms with Crippen molar-refractivity contribution in [1.82, 2.24) is 15.0 Å². The van der Waals surface area contributed by atoms with Crippen LogP contribution < -0.4 is 0 Å². The summed E-state index contributed by atoms with van der Waals surface area (Å²) in [5.74, 6) is 0. The second kappa shape index (κ2) is 15.0. The van der Waals surface area contributed by atoms with Crippen LogP contribution in [0.5, 0.6) is 0 Å². The minimum absolute atomic E-state index is 0. The molecule has 4 aromatic heterocycles. The van der Waals surface area contributed by atoms with Crippen molar-refractivity contribution in [2.45, 2.75) is 66.5 Å². The van der Waals surface area contributed by atoms with Gasteiger partial charge in [0, 0.05) is 57.3 Å². The number of aromatic nitrogens is 3. The quantitative estimate of drug-likeness (QED) is 0.157. The van der Waals surface area contributed by atoms with Crippen LogP contribution in [-0.2, 0) is 38.3 Å². The van der Waals surface area contributed by atoms with Gasteiger partial charge in [-0.2, -0.15) is 0 Å². The van der Waals surface area contributed by atoms with Crippen LogP contribution in [0.4, 0.5) is 0 Å². The normalized spacial score (nSPS) is 15.7. The van der Waals surface area contributed by atoms with Crippen LogP contribution in [0.1, 0.15) is 76.3 Å². The van der Waals surface area contributed by atoms with Gasteiger partial charge in [0.15, 0.2) is 0 Å². The summed E-state index contributed by atoms with van der Waals surface area (Å²) < 4.78 is 89.7. The Morgan fingerprint density at radius 1 is 0.755 bits per heavy atom. The Hall–Kier alpha value is -4.44. The SMILES string of the molecule is [2H]C([2H])([2H])c1ccc2c(n1)oc1c(-c3cc(C(C)(C)C([2H])([2H])c4ccc(C([2H])([2H])C(C)(C)C)cc4)c(C([2H])([2H])[2H])cn3)[c-]ccc12.[Ir].[c-]1ccccc1-c1ccccn1. The molecule has 7 aromatic rings. The topological polar surface area (TPSA) is 51.8 Å². The Morgan fingerprint density at radius 2 is 1.53 bits per heavy atom. The summed E-state index contributed by atoms with van der Waals surface area (Å²) in [4.78, 5) is 12.9. The van der Waals surface area contributed by atoms with Crippen molar-refractivity contribution in [2.24, 2.45) is 5.41 Å². The van der Waals surface area contributed by atoms with Crippen LogP contribution in [0.15, 0.2) is 114 Å². The molecular weight excluding hydrogens is 779 g/mol. The van der Waals surface area contributed by atoms with Gasteiger partial charge in [0.2, 0.25) is 5.71 Å². The molecule has 49 heavy (non-hydrogen) atoms. The minimum atomic E-state index is -2.61. The largest absolute Gasteiger partial charge is 0.486 e. The molecule has 7 rings (SSSR count). The van der Waals surface area contributed by atoms with E-state index in [-0.39, 0.29) is 48.2 Å². The second-order valence-corrected chi connectivity index (χ2v) is 13.1. The van der Waals surface area contributed by atoms with Crippen molar-refractivity contribution in [2.75, 3.05) is 0 Å². The molecule has 0 amide bonds. The van der Waals surface area contributed by atoms with E-state index < -0.39 is 37.3 Å². The summed E-state index contributed by atoms with van der Waals surface area (Å²) >= 11 is 0. The van der Waals surface area contributed by atoms with Crippen molar-refractivity contribution in [1.29, 1.82) is 0 Å². The monoisotopic (exact) mass is 832 g/mol. The Balaban J connectivity index is 0.000000433. The summed E-state index contributed by atoms with van der Waals surface area (Å²) in [6.45, 7) is 3.64. The zero-order valence-electron chi connectivity index (χ0n) is 38.0. The summed E-state index contributed by atoms with van der Waals surface area (Å²) in [6, 6.07) is 34.2. The molecular formula is C44H43IrN3O-2. The maximum absolute atomic E-state index is 9.30. The van der Waals surface area contributed by atoms with E-state index in [1.807, 2.05) is 42.5 Å². The average Bonchev–Trinajstić information content (AvgIpc) is 3.56. The summed E-state index contributed by atoms with van der Waals surface area (Å²) in [6.07, 6.45) is -0.754. The van der Waals surface area contributed by atoms with Gasteiger partial charge in [-0.15, -0.1) is 54.1 Å². The zero-order chi connectivity index (χ0) is 42.5. The third-order valence-electron chi connectivity index (χ3n) is 7.64. The van der Waals surface area contributed by atoms with Gasteiger partial charge in [0.25, 0.3) is 0 Å². The molecule has 0 spiro atoms. The molecule has 0 aliphatic carbocycles. The predicted octanol–water partition coefficient (Wildman–Crippen LogP) is 11.1. The predicted molar refractivity (Wildman–Crippen MR) is 198 cm³/mol. The number of hydrogen-bond donors (Lipinski definition) is 0. The van der Waals surface area contributed by atoms with E-state index in [4.69, 9.17) is 15.4 Å². The molecule has 0 fully saturated rings. The number of hydrogen-bond acceptors (Lipinski definition) is 4. The van der Waals surface area contributed by atoms with Crippen LogP contribution in [0.3, 0.4) is 0 Å². The van der Waals surface area contributed by atoms with Gasteiger partial charge < -0.3 is 14.4 Å². The Bertz CT molecular complexity index is 2510. The maximum atomic E-state index is 9.30. The van der Waals surface area contributed by atoms with Crippen molar-refractivity contribution >= 4 is 22.1 Å². The molecule has 3 aromatic carbocycles. The molecule has 0 atom stereocenters. The fourth-order valence-electron chi connectivity index (χ4n) is 5.49. The number of nitrogens with zero attached hydrogens (tertiary/aromatic N) is 3. The third kappa shape index (κ3) is 8.59. The Labute approximate surface area is 318 Å².